The van der Waals surface area contributed by atoms with Gasteiger partial charge in [-0.1, -0.05) is 12.1 Å². The van der Waals surface area contributed by atoms with E-state index < -0.39 is 5.90 Å². The Hall–Kier alpha value is -2.10. The Morgan fingerprint density at radius 1 is 1.36 bits per heavy atom. The molecule has 2 rings (SSSR count). The van der Waals surface area contributed by atoms with Crippen LogP contribution < -0.4 is 10.9 Å². The van der Waals surface area contributed by atoms with Crippen LogP contribution in [0.1, 0.15) is 5.56 Å². The number of hydrogen-bond donors (Lipinski definition) is 1. The SMILES string of the molecule is NN=C([O-])c1ccc2ncccc2c1. The molecule has 0 saturated carbocycles. The van der Waals surface area contributed by atoms with Crippen molar-refractivity contribution in [3.05, 3.63) is 42.1 Å². The summed E-state index contributed by atoms with van der Waals surface area (Å²) in [5.41, 5.74) is 1.33. The van der Waals surface area contributed by atoms with Crippen LogP contribution in [-0.4, -0.2) is 10.9 Å². The topological polar surface area (TPSA) is 74.3 Å². The van der Waals surface area contributed by atoms with E-state index in [4.69, 9.17) is 5.84 Å². The first-order chi connectivity index (χ1) is 6.81. The minimum Gasteiger partial charge on any atom is -0.857 e. The predicted molar refractivity (Wildman–Crippen MR) is 52.5 cm³/mol. The standard InChI is InChI=1S/C10H9N3O/c11-13-10(14)8-3-4-9-7(6-8)2-1-5-12-9/h1-6H,11H2,(H,13,14)/p-1. The van der Waals surface area contributed by atoms with E-state index in [1.54, 1.807) is 24.4 Å². The van der Waals surface area contributed by atoms with Gasteiger partial charge in [-0.25, -0.2) is 0 Å². The molecule has 1 aromatic carbocycles. The number of fused-ring (bicyclic) bond motifs is 1. The minimum atomic E-state index is -0.421. The van der Waals surface area contributed by atoms with Crippen molar-refractivity contribution in [1.29, 1.82) is 0 Å². The molecule has 4 nitrogen and oxygen atoms in total. The Labute approximate surface area is 80.7 Å². The first-order valence-corrected chi connectivity index (χ1v) is 4.11. The van der Waals surface area contributed by atoms with E-state index in [-0.39, 0.29) is 0 Å². The average molecular weight is 186 g/mol. The zero-order valence-electron chi connectivity index (χ0n) is 7.34. The summed E-state index contributed by atoms with van der Waals surface area (Å²) >= 11 is 0. The maximum atomic E-state index is 11.1. The van der Waals surface area contributed by atoms with Crippen molar-refractivity contribution in [3.8, 4) is 0 Å². The number of pyridine rings is 1. The van der Waals surface area contributed by atoms with Crippen molar-refractivity contribution < 1.29 is 5.11 Å². The second-order valence-corrected chi connectivity index (χ2v) is 2.85. The fraction of sp³-hybridized carbons (Fsp3) is 0. The van der Waals surface area contributed by atoms with Crippen LogP contribution in [0.25, 0.3) is 10.9 Å². The fourth-order valence-electron chi connectivity index (χ4n) is 1.28. The lowest BCUT2D eigenvalue weighted by atomic mass is 10.1. The molecule has 1 heterocycles. The van der Waals surface area contributed by atoms with E-state index >= 15 is 0 Å². The van der Waals surface area contributed by atoms with Gasteiger partial charge in [-0.15, -0.1) is 0 Å². The van der Waals surface area contributed by atoms with Gasteiger partial charge in [0.15, 0.2) is 0 Å². The zero-order chi connectivity index (χ0) is 9.97. The van der Waals surface area contributed by atoms with Gasteiger partial charge in [-0.05, 0) is 23.8 Å². The van der Waals surface area contributed by atoms with Crippen LogP contribution in [0.15, 0.2) is 41.6 Å². The summed E-state index contributed by atoms with van der Waals surface area (Å²) in [6.45, 7) is 0. The number of nitrogens with zero attached hydrogens (tertiary/aromatic N) is 2. The lowest BCUT2D eigenvalue weighted by molar-refractivity contribution is -0.213. The van der Waals surface area contributed by atoms with Gasteiger partial charge in [0.05, 0.1) is 5.52 Å². The normalized spacial score (nSPS) is 11.9. The Balaban J connectivity index is 2.62. The highest BCUT2D eigenvalue weighted by molar-refractivity contribution is 5.94. The Morgan fingerprint density at radius 3 is 3.00 bits per heavy atom. The van der Waals surface area contributed by atoms with Crippen LogP contribution in [0.3, 0.4) is 0 Å². The molecule has 0 unspecified atom stereocenters. The molecule has 14 heavy (non-hydrogen) atoms. The summed E-state index contributed by atoms with van der Waals surface area (Å²) in [5, 5.41) is 15.2. The first-order valence-electron chi connectivity index (χ1n) is 4.11. The Morgan fingerprint density at radius 2 is 2.21 bits per heavy atom. The molecule has 0 fully saturated rings. The smallest absolute Gasteiger partial charge is 0.0702 e. The van der Waals surface area contributed by atoms with E-state index in [0.29, 0.717) is 5.56 Å². The summed E-state index contributed by atoms with van der Waals surface area (Å²) < 4.78 is 0. The van der Waals surface area contributed by atoms with E-state index in [0.717, 1.165) is 10.9 Å². The predicted octanol–water partition coefficient (Wildman–Crippen LogP) is 0.215. The van der Waals surface area contributed by atoms with E-state index in [1.807, 2.05) is 12.1 Å². The van der Waals surface area contributed by atoms with Crippen LogP contribution in [0.2, 0.25) is 0 Å². The van der Waals surface area contributed by atoms with Crippen molar-refractivity contribution in [2.24, 2.45) is 10.9 Å². The first kappa shape index (κ1) is 8.50. The molecule has 0 amide bonds. The van der Waals surface area contributed by atoms with Gasteiger partial charge >= 0.3 is 0 Å². The van der Waals surface area contributed by atoms with Gasteiger partial charge in [0.25, 0.3) is 0 Å². The lowest BCUT2D eigenvalue weighted by Gasteiger charge is -2.08. The minimum absolute atomic E-state index is 0.421. The molecule has 0 radical (unpaired) electrons. The molecule has 70 valence electrons. The summed E-state index contributed by atoms with van der Waals surface area (Å²) in [5.74, 6) is 4.49. The monoisotopic (exact) mass is 186 g/mol. The maximum Gasteiger partial charge on any atom is 0.0702 e. The zero-order valence-corrected chi connectivity index (χ0v) is 7.34. The maximum absolute atomic E-state index is 11.1. The highest BCUT2D eigenvalue weighted by Crippen LogP contribution is 2.12. The number of hydrogen-bond acceptors (Lipinski definition) is 4. The number of benzene rings is 1. The molecular formula is C10H8N3O-. The van der Waals surface area contributed by atoms with E-state index in [2.05, 4.69) is 10.1 Å². The molecule has 4 heteroatoms. The summed E-state index contributed by atoms with van der Waals surface area (Å²) in [7, 11) is 0. The number of nitrogens with two attached hydrogens (primary N) is 1. The highest BCUT2D eigenvalue weighted by Gasteiger charge is 1.95. The highest BCUT2D eigenvalue weighted by atomic mass is 16.3. The van der Waals surface area contributed by atoms with Crippen molar-refractivity contribution in [3.63, 3.8) is 0 Å². The molecule has 0 aliphatic heterocycles. The molecule has 1 aromatic heterocycles. The van der Waals surface area contributed by atoms with Crippen molar-refractivity contribution in [1.82, 2.24) is 4.98 Å². The van der Waals surface area contributed by atoms with Crippen molar-refractivity contribution >= 4 is 16.8 Å². The van der Waals surface area contributed by atoms with Crippen LogP contribution >= 0.6 is 0 Å². The fourth-order valence-corrected chi connectivity index (χ4v) is 1.28. The molecular weight excluding hydrogens is 178 g/mol. The molecule has 2 aromatic rings. The number of rotatable bonds is 1. The summed E-state index contributed by atoms with van der Waals surface area (Å²) in [6.07, 6.45) is 1.71. The molecule has 0 aliphatic rings. The van der Waals surface area contributed by atoms with Gasteiger partial charge in [-0.3, -0.25) is 4.98 Å². The molecule has 0 aliphatic carbocycles. The molecule has 0 saturated heterocycles. The third kappa shape index (κ3) is 1.37. The Bertz CT molecular complexity index is 493. The number of hydrazone groups is 1. The lowest BCUT2D eigenvalue weighted by Crippen LogP contribution is -2.20. The van der Waals surface area contributed by atoms with Gasteiger partial charge in [0.2, 0.25) is 0 Å². The molecule has 2 N–H and O–H groups in total. The second-order valence-electron chi connectivity index (χ2n) is 2.85. The van der Waals surface area contributed by atoms with Gasteiger partial charge < -0.3 is 10.9 Å². The second kappa shape index (κ2) is 3.33. The molecule has 0 atom stereocenters. The van der Waals surface area contributed by atoms with Crippen LogP contribution in [-0.2, 0) is 0 Å². The molecule has 0 spiro atoms. The van der Waals surface area contributed by atoms with Crippen LogP contribution in [0.4, 0.5) is 0 Å². The summed E-state index contributed by atoms with van der Waals surface area (Å²) in [6, 6.07) is 8.86. The third-order valence-electron chi connectivity index (χ3n) is 1.97. The largest absolute Gasteiger partial charge is 0.857 e. The quantitative estimate of drug-likeness (QED) is 0.299. The van der Waals surface area contributed by atoms with Crippen molar-refractivity contribution in [2.45, 2.75) is 0 Å². The van der Waals surface area contributed by atoms with Crippen molar-refractivity contribution in [2.75, 3.05) is 0 Å². The van der Waals surface area contributed by atoms with Crippen LogP contribution in [0, 0.1) is 0 Å². The van der Waals surface area contributed by atoms with Gasteiger partial charge in [0, 0.05) is 17.5 Å². The van der Waals surface area contributed by atoms with Gasteiger partial charge in [-0.2, -0.15) is 5.10 Å². The van der Waals surface area contributed by atoms with Gasteiger partial charge in [0.1, 0.15) is 0 Å². The average Bonchev–Trinajstić information content (AvgIpc) is 2.27. The Kier molecular flexibility index (Phi) is 2.02. The van der Waals surface area contributed by atoms with Crippen LogP contribution in [0.5, 0.6) is 0 Å². The van der Waals surface area contributed by atoms with E-state index in [1.165, 1.54) is 0 Å². The summed E-state index contributed by atoms with van der Waals surface area (Å²) in [4.78, 5) is 4.13. The van der Waals surface area contributed by atoms with E-state index in [9.17, 15) is 5.11 Å². The number of aromatic nitrogens is 1. The third-order valence-corrected chi connectivity index (χ3v) is 1.97. The molecule has 0 bridgehead atoms.